The molecule has 7 nitrogen and oxygen atoms in total. The molecule has 112 valence electrons. The van der Waals surface area contributed by atoms with Gasteiger partial charge in [-0.05, 0) is 31.5 Å². The van der Waals surface area contributed by atoms with Crippen molar-refractivity contribution in [2.24, 2.45) is 0 Å². The highest BCUT2D eigenvalue weighted by molar-refractivity contribution is 9.10. The van der Waals surface area contributed by atoms with Crippen LogP contribution in [-0.2, 0) is 10.0 Å². The maximum atomic E-state index is 12.3. The molecule has 0 fully saturated rings. The Hall–Kier alpha value is -1.52. The van der Waals surface area contributed by atoms with Crippen molar-refractivity contribution in [2.75, 3.05) is 4.72 Å². The summed E-state index contributed by atoms with van der Waals surface area (Å²) in [5.74, 6) is -1.20. The summed E-state index contributed by atoms with van der Waals surface area (Å²) in [6, 6.07) is 2.46. The molecule has 2 rings (SSSR count). The molecule has 2 N–H and O–H groups in total. The van der Waals surface area contributed by atoms with Gasteiger partial charge in [-0.1, -0.05) is 27.3 Å². The number of nitrogens with one attached hydrogen (secondary N) is 1. The molecule has 0 radical (unpaired) electrons. The summed E-state index contributed by atoms with van der Waals surface area (Å²) >= 11 is 4.25. The second-order valence-electron chi connectivity index (χ2n) is 4.11. The van der Waals surface area contributed by atoms with E-state index < -0.39 is 16.0 Å². The van der Waals surface area contributed by atoms with Gasteiger partial charge in [-0.2, -0.15) is 0 Å². The van der Waals surface area contributed by atoms with Crippen LogP contribution < -0.4 is 4.72 Å². The number of carbonyl (C=O) groups is 1. The van der Waals surface area contributed by atoms with Gasteiger partial charge in [0.05, 0.1) is 10.5 Å². The zero-order valence-electron chi connectivity index (χ0n) is 10.9. The minimum atomic E-state index is -3.93. The number of benzene rings is 1. The van der Waals surface area contributed by atoms with Crippen molar-refractivity contribution in [2.45, 2.75) is 18.7 Å². The molecule has 1 aromatic heterocycles. The Morgan fingerprint density at radius 3 is 2.52 bits per heavy atom. The minimum absolute atomic E-state index is 0.0850. The van der Waals surface area contributed by atoms with Gasteiger partial charge in [-0.15, -0.1) is 10.2 Å². The van der Waals surface area contributed by atoms with E-state index in [2.05, 4.69) is 30.8 Å². The first kappa shape index (κ1) is 15.9. The van der Waals surface area contributed by atoms with E-state index in [0.29, 0.717) is 15.0 Å². The maximum absolute atomic E-state index is 12.3. The third kappa shape index (κ3) is 3.39. The van der Waals surface area contributed by atoms with E-state index in [0.717, 1.165) is 17.4 Å². The number of hydrogen-bond donors (Lipinski definition) is 2. The van der Waals surface area contributed by atoms with Crippen molar-refractivity contribution in [1.82, 2.24) is 10.2 Å². The average molecular weight is 392 g/mol. The van der Waals surface area contributed by atoms with Crippen LogP contribution in [0, 0.1) is 13.8 Å². The molecule has 0 amide bonds. The molecule has 0 saturated carbocycles. The number of rotatable bonds is 4. The summed E-state index contributed by atoms with van der Waals surface area (Å²) in [4.78, 5) is 11.0. The number of aromatic nitrogens is 2. The van der Waals surface area contributed by atoms with E-state index in [9.17, 15) is 13.2 Å². The van der Waals surface area contributed by atoms with Crippen LogP contribution in [0.1, 0.15) is 20.9 Å². The average Bonchev–Trinajstić information content (AvgIpc) is 2.76. The molecular weight excluding hydrogens is 382 g/mol. The lowest BCUT2D eigenvalue weighted by atomic mass is 10.1. The van der Waals surface area contributed by atoms with Crippen molar-refractivity contribution < 1.29 is 18.3 Å². The number of sulfonamides is 1. The van der Waals surface area contributed by atoms with Crippen molar-refractivity contribution in [3.63, 3.8) is 0 Å². The first-order valence-electron chi connectivity index (χ1n) is 5.57. The van der Waals surface area contributed by atoms with Gasteiger partial charge in [0.15, 0.2) is 0 Å². The monoisotopic (exact) mass is 391 g/mol. The molecule has 1 heterocycles. The highest BCUT2D eigenvalue weighted by Gasteiger charge is 2.21. The van der Waals surface area contributed by atoms with Crippen LogP contribution in [0.15, 0.2) is 21.5 Å². The smallest absolute Gasteiger partial charge is 0.336 e. The summed E-state index contributed by atoms with van der Waals surface area (Å²) in [6.07, 6.45) is 0. The van der Waals surface area contributed by atoms with Gasteiger partial charge >= 0.3 is 5.97 Å². The Bertz CT molecular complexity index is 817. The van der Waals surface area contributed by atoms with E-state index in [1.54, 1.807) is 13.8 Å². The molecule has 0 aliphatic carbocycles. The molecule has 0 spiro atoms. The minimum Gasteiger partial charge on any atom is -0.478 e. The molecule has 1 aromatic carbocycles. The summed E-state index contributed by atoms with van der Waals surface area (Å²) in [5, 5.41) is 17.2. The summed E-state index contributed by atoms with van der Waals surface area (Å²) < 4.78 is 27.2. The fraction of sp³-hybridized carbons (Fsp3) is 0.182. The van der Waals surface area contributed by atoms with E-state index in [1.807, 2.05) is 0 Å². The van der Waals surface area contributed by atoms with Crippen LogP contribution in [-0.4, -0.2) is 29.7 Å². The van der Waals surface area contributed by atoms with Gasteiger partial charge in [-0.3, -0.25) is 4.72 Å². The molecular formula is C11H10BrN3O4S2. The van der Waals surface area contributed by atoms with Crippen molar-refractivity contribution in [3.8, 4) is 0 Å². The standard InChI is InChI=1S/C11H10BrN3O4S2/c1-5-8(10(16)17)3-7(4-9(5)12)21(18,19)15-11-14-13-6(2)20-11/h3-4H,1-2H3,(H,14,15)(H,16,17). The van der Waals surface area contributed by atoms with Gasteiger partial charge in [0.2, 0.25) is 5.13 Å². The highest BCUT2D eigenvalue weighted by Crippen LogP contribution is 2.27. The van der Waals surface area contributed by atoms with Crippen LogP contribution in [0.5, 0.6) is 0 Å². The molecule has 10 heteroatoms. The molecule has 0 saturated heterocycles. The molecule has 0 bridgehead atoms. The largest absolute Gasteiger partial charge is 0.478 e. The summed E-state index contributed by atoms with van der Waals surface area (Å²) in [5.41, 5.74) is 0.367. The number of carboxylic acid groups (broad SMARTS) is 1. The van der Waals surface area contributed by atoms with E-state index in [-0.39, 0.29) is 15.6 Å². The number of nitrogens with zero attached hydrogens (tertiary/aromatic N) is 2. The lowest BCUT2D eigenvalue weighted by Gasteiger charge is -2.09. The number of aromatic carboxylic acids is 1. The normalized spacial score (nSPS) is 11.4. The van der Waals surface area contributed by atoms with Crippen LogP contribution in [0.2, 0.25) is 0 Å². The Morgan fingerprint density at radius 2 is 2.00 bits per heavy atom. The van der Waals surface area contributed by atoms with E-state index in [4.69, 9.17) is 5.11 Å². The van der Waals surface area contributed by atoms with Gasteiger partial charge in [0.25, 0.3) is 10.0 Å². The fourth-order valence-corrected chi connectivity index (χ4v) is 4.03. The van der Waals surface area contributed by atoms with E-state index >= 15 is 0 Å². The second-order valence-corrected chi connectivity index (χ2v) is 7.83. The number of hydrogen-bond acceptors (Lipinski definition) is 6. The number of anilines is 1. The third-order valence-corrected chi connectivity index (χ3v) is 5.63. The summed E-state index contributed by atoms with van der Waals surface area (Å²) in [6.45, 7) is 3.28. The lowest BCUT2D eigenvalue weighted by molar-refractivity contribution is 0.0695. The number of carboxylic acids is 1. The first-order chi connectivity index (χ1) is 9.70. The number of halogens is 1. The predicted molar refractivity (Wildman–Crippen MR) is 81.3 cm³/mol. The zero-order valence-corrected chi connectivity index (χ0v) is 14.1. The van der Waals surface area contributed by atoms with Crippen LogP contribution in [0.25, 0.3) is 0 Å². The van der Waals surface area contributed by atoms with Crippen LogP contribution in [0.3, 0.4) is 0 Å². The van der Waals surface area contributed by atoms with Crippen molar-refractivity contribution >= 4 is 48.4 Å². The second kappa shape index (κ2) is 5.70. The van der Waals surface area contributed by atoms with Gasteiger partial charge in [0.1, 0.15) is 5.01 Å². The highest BCUT2D eigenvalue weighted by atomic mass is 79.9. The summed E-state index contributed by atoms with van der Waals surface area (Å²) in [7, 11) is -3.93. The fourth-order valence-electron chi connectivity index (χ4n) is 1.54. The Morgan fingerprint density at radius 1 is 1.33 bits per heavy atom. The SMILES string of the molecule is Cc1nnc(NS(=O)(=O)c2cc(Br)c(C)c(C(=O)O)c2)s1. The van der Waals surface area contributed by atoms with Gasteiger partial charge in [-0.25, -0.2) is 13.2 Å². The first-order valence-corrected chi connectivity index (χ1v) is 8.66. The predicted octanol–water partition coefficient (Wildman–Crippen LogP) is 2.42. The zero-order chi connectivity index (χ0) is 15.8. The van der Waals surface area contributed by atoms with Crippen molar-refractivity contribution in [1.29, 1.82) is 0 Å². The van der Waals surface area contributed by atoms with Crippen LogP contribution in [0.4, 0.5) is 5.13 Å². The Kier molecular flexibility index (Phi) is 4.30. The molecule has 0 aliphatic rings. The van der Waals surface area contributed by atoms with Crippen LogP contribution >= 0.6 is 27.3 Å². The van der Waals surface area contributed by atoms with Crippen molar-refractivity contribution in [3.05, 3.63) is 32.7 Å². The Balaban J connectivity index is 2.47. The molecule has 0 unspecified atom stereocenters. The number of aryl methyl sites for hydroxylation is 1. The third-order valence-electron chi connectivity index (χ3n) is 2.61. The molecule has 0 aliphatic heterocycles. The molecule has 21 heavy (non-hydrogen) atoms. The molecule has 2 aromatic rings. The quantitative estimate of drug-likeness (QED) is 0.827. The topological polar surface area (TPSA) is 109 Å². The van der Waals surface area contributed by atoms with Gasteiger partial charge in [0, 0.05) is 4.47 Å². The van der Waals surface area contributed by atoms with Gasteiger partial charge < -0.3 is 5.11 Å². The lowest BCUT2D eigenvalue weighted by Crippen LogP contribution is -2.14. The maximum Gasteiger partial charge on any atom is 0.336 e. The van der Waals surface area contributed by atoms with E-state index in [1.165, 1.54) is 6.07 Å². The Labute approximate surface area is 133 Å². The molecule has 0 atom stereocenters.